The van der Waals surface area contributed by atoms with Crippen LogP contribution >= 0.6 is 0 Å². The van der Waals surface area contributed by atoms with Crippen LogP contribution in [-0.4, -0.2) is 34.3 Å². The van der Waals surface area contributed by atoms with Crippen LogP contribution in [0.5, 0.6) is 0 Å². The van der Waals surface area contributed by atoms with Crippen LogP contribution in [0.1, 0.15) is 42.5 Å². The Morgan fingerprint density at radius 2 is 1.80 bits per heavy atom. The second-order valence-electron chi connectivity index (χ2n) is 8.46. The van der Waals surface area contributed by atoms with Gasteiger partial charge in [-0.25, -0.2) is 4.79 Å². The number of anilines is 1. The summed E-state index contributed by atoms with van der Waals surface area (Å²) in [5.41, 5.74) is -0.0628. The lowest BCUT2D eigenvalue weighted by Gasteiger charge is -2.42. The lowest BCUT2D eigenvalue weighted by atomic mass is 9.88. The summed E-state index contributed by atoms with van der Waals surface area (Å²) in [6, 6.07) is 10.2. The summed E-state index contributed by atoms with van der Waals surface area (Å²) in [4.78, 5) is 40.7. The molecule has 1 aliphatic carbocycles. The molecule has 180 valence electrons. The number of ketones is 1. The third-order valence-corrected chi connectivity index (χ3v) is 6.05. The van der Waals surface area contributed by atoms with Crippen molar-refractivity contribution in [3.63, 3.8) is 0 Å². The second kappa shape index (κ2) is 8.91. The Labute approximate surface area is 198 Å². The van der Waals surface area contributed by atoms with Crippen LogP contribution in [0.3, 0.4) is 0 Å². The van der Waals surface area contributed by atoms with Crippen molar-refractivity contribution in [3.8, 4) is 6.07 Å². The van der Waals surface area contributed by atoms with E-state index < -0.39 is 36.3 Å². The molecule has 1 fully saturated rings. The van der Waals surface area contributed by atoms with Gasteiger partial charge in [-0.2, -0.15) is 18.4 Å². The monoisotopic (exact) mass is 483 g/mol. The molecule has 1 heterocycles. The first-order valence-electron chi connectivity index (χ1n) is 10.8. The number of hydrogen-bond acceptors (Lipinski definition) is 4. The van der Waals surface area contributed by atoms with Crippen LogP contribution in [0.2, 0.25) is 0 Å². The van der Waals surface area contributed by atoms with Crippen LogP contribution in [0, 0.1) is 17.2 Å². The zero-order chi connectivity index (χ0) is 25.5. The molecule has 2 amide bonds. The average molecular weight is 483 g/mol. The van der Waals surface area contributed by atoms with E-state index in [9.17, 15) is 32.7 Å². The molecule has 1 N–H and O–H groups in total. The number of carbonyl (C=O) groups is 3. The summed E-state index contributed by atoms with van der Waals surface area (Å²) < 4.78 is 40.1. The molecule has 0 saturated heterocycles. The summed E-state index contributed by atoms with van der Waals surface area (Å²) in [6.45, 7) is 0.691. The Kier molecular flexibility index (Phi) is 6.11. The number of nitriles is 1. The molecule has 0 radical (unpaired) electrons. The van der Waals surface area contributed by atoms with Crippen LogP contribution in [-0.2, 0) is 15.8 Å². The number of allylic oxidation sites excluding steroid dienone is 1. The Hall–Kier alpha value is -4.13. The summed E-state index contributed by atoms with van der Waals surface area (Å²) in [5, 5.41) is 18.7. The molecule has 4 rings (SSSR count). The summed E-state index contributed by atoms with van der Waals surface area (Å²) >= 11 is 0. The van der Waals surface area contributed by atoms with Gasteiger partial charge in [0.25, 0.3) is 0 Å². The van der Waals surface area contributed by atoms with Crippen molar-refractivity contribution in [3.05, 3.63) is 76.5 Å². The van der Waals surface area contributed by atoms with E-state index in [4.69, 9.17) is 5.26 Å². The van der Waals surface area contributed by atoms with E-state index in [-0.39, 0.29) is 28.7 Å². The molecule has 10 heteroatoms. The molecular weight excluding hydrogens is 463 g/mol. The van der Waals surface area contributed by atoms with Gasteiger partial charge in [-0.1, -0.05) is 18.2 Å². The lowest BCUT2D eigenvalue weighted by molar-refractivity contribution is -0.138. The van der Waals surface area contributed by atoms with E-state index in [1.54, 1.807) is 12.1 Å². The first-order chi connectivity index (χ1) is 16.5. The fraction of sp³-hybridized carbons (Fsp3) is 0.280. The molecule has 0 spiro atoms. The maximum atomic E-state index is 13.6. The zero-order valence-corrected chi connectivity index (χ0v) is 18.5. The van der Waals surface area contributed by atoms with Crippen molar-refractivity contribution >= 4 is 23.5 Å². The van der Waals surface area contributed by atoms with Crippen LogP contribution in [0.25, 0.3) is 0 Å². The molecule has 1 saturated carbocycles. The number of carboxylic acids is 1. The lowest BCUT2D eigenvalue weighted by Crippen LogP contribution is -2.52. The molecule has 2 aromatic carbocycles. The number of hydrogen-bond donors (Lipinski definition) is 1. The van der Waals surface area contributed by atoms with Crippen molar-refractivity contribution in [1.82, 2.24) is 4.90 Å². The smallest absolute Gasteiger partial charge is 0.416 e. The van der Waals surface area contributed by atoms with Crippen molar-refractivity contribution < 1.29 is 32.7 Å². The molecule has 7 nitrogen and oxygen atoms in total. The van der Waals surface area contributed by atoms with Gasteiger partial charge >= 0.3 is 18.2 Å². The second-order valence-corrected chi connectivity index (χ2v) is 8.46. The number of carbonyl (C=O) groups excluding carboxylic acids is 2. The average Bonchev–Trinajstić information content (AvgIpc) is 3.65. The quantitative estimate of drug-likeness (QED) is 0.630. The molecule has 1 unspecified atom stereocenters. The number of benzene rings is 2. The van der Waals surface area contributed by atoms with E-state index >= 15 is 0 Å². The number of urea groups is 1. The van der Waals surface area contributed by atoms with Gasteiger partial charge in [0.2, 0.25) is 0 Å². The minimum atomic E-state index is -4.66. The van der Waals surface area contributed by atoms with Gasteiger partial charge in [-0.05, 0) is 55.7 Å². The van der Waals surface area contributed by atoms with Gasteiger partial charge < -0.3 is 10.0 Å². The fourth-order valence-corrected chi connectivity index (χ4v) is 4.25. The number of alkyl halides is 3. The summed E-state index contributed by atoms with van der Waals surface area (Å²) in [5.74, 6) is -1.93. The highest BCUT2D eigenvalue weighted by atomic mass is 19.4. The van der Waals surface area contributed by atoms with E-state index in [0.29, 0.717) is 24.0 Å². The van der Waals surface area contributed by atoms with E-state index in [1.165, 1.54) is 25.1 Å². The first kappa shape index (κ1) is 24.0. The zero-order valence-electron chi connectivity index (χ0n) is 18.5. The molecule has 0 aromatic heterocycles. The minimum Gasteiger partial charge on any atom is -0.480 e. The van der Waals surface area contributed by atoms with Gasteiger partial charge in [0.15, 0.2) is 5.78 Å². The molecule has 2 aliphatic rings. The number of halogens is 3. The van der Waals surface area contributed by atoms with Gasteiger partial charge in [-0.15, -0.1) is 0 Å². The van der Waals surface area contributed by atoms with Crippen LogP contribution in [0.4, 0.5) is 23.7 Å². The molecule has 2 aromatic rings. The van der Waals surface area contributed by atoms with Gasteiger partial charge in [0.05, 0.1) is 28.9 Å². The maximum Gasteiger partial charge on any atom is 0.416 e. The molecule has 1 aliphatic heterocycles. The normalized spacial score (nSPS) is 18.5. The SMILES string of the molecule is CC1=C(C(=O)C2CC2)C(c2ccc(C#N)cc2)N(CC(=O)O)C(=O)N1c1cccc(C(F)(F)F)c1. The number of amides is 2. The summed E-state index contributed by atoms with van der Waals surface area (Å²) in [6.07, 6.45) is -3.40. The predicted octanol–water partition coefficient (Wildman–Crippen LogP) is 4.90. The third kappa shape index (κ3) is 4.62. The highest BCUT2D eigenvalue weighted by molar-refractivity contribution is 6.07. The Morgan fingerprint density at radius 3 is 2.34 bits per heavy atom. The molecule has 0 bridgehead atoms. The van der Waals surface area contributed by atoms with E-state index in [2.05, 4.69) is 0 Å². The molecule has 35 heavy (non-hydrogen) atoms. The van der Waals surface area contributed by atoms with E-state index in [0.717, 1.165) is 28.0 Å². The topological polar surface area (TPSA) is 102 Å². The highest BCUT2D eigenvalue weighted by Crippen LogP contribution is 2.44. The number of nitrogens with zero attached hydrogens (tertiary/aromatic N) is 3. The van der Waals surface area contributed by atoms with Gasteiger partial charge in [-0.3, -0.25) is 14.5 Å². The van der Waals surface area contributed by atoms with Crippen LogP contribution < -0.4 is 4.90 Å². The maximum absolute atomic E-state index is 13.6. The number of aliphatic carboxylic acids is 1. The van der Waals surface area contributed by atoms with Gasteiger partial charge in [0.1, 0.15) is 6.54 Å². The fourth-order valence-electron chi connectivity index (χ4n) is 4.25. The predicted molar refractivity (Wildman–Crippen MR) is 118 cm³/mol. The largest absolute Gasteiger partial charge is 0.480 e. The molecular formula is C25H20F3N3O4. The number of rotatable bonds is 6. The summed E-state index contributed by atoms with van der Waals surface area (Å²) in [7, 11) is 0. The van der Waals surface area contributed by atoms with Gasteiger partial charge in [0, 0.05) is 17.2 Å². The van der Waals surface area contributed by atoms with Crippen molar-refractivity contribution in [2.75, 3.05) is 11.4 Å². The van der Waals surface area contributed by atoms with Crippen molar-refractivity contribution in [2.45, 2.75) is 32.0 Å². The van der Waals surface area contributed by atoms with Crippen LogP contribution in [0.15, 0.2) is 59.8 Å². The third-order valence-electron chi connectivity index (χ3n) is 6.05. The van der Waals surface area contributed by atoms with Crippen molar-refractivity contribution in [2.24, 2.45) is 5.92 Å². The first-order valence-corrected chi connectivity index (χ1v) is 10.8. The Balaban J connectivity index is 1.93. The van der Waals surface area contributed by atoms with E-state index in [1.807, 2.05) is 6.07 Å². The standard InChI is InChI=1S/C25H20F3N3O4/c1-14-21(23(34)17-9-10-17)22(16-7-5-15(12-29)6-8-16)30(13-20(32)33)24(35)31(14)19-4-2-3-18(11-19)25(26,27)28/h2-8,11,17,22H,9-10,13H2,1H3,(H,32,33). The number of Topliss-reactive ketones (excluding diaryl/α,β-unsaturated/α-hetero) is 1. The van der Waals surface area contributed by atoms with Crippen molar-refractivity contribution in [1.29, 1.82) is 5.26 Å². The highest BCUT2D eigenvalue weighted by Gasteiger charge is 2.46. The Morgan fingerprint density at radius 1 is 1.14 bits per heavy atom. The number of carboxylic acid groups (broad SMARTS) is 1. The minimum absolute atomic E-state index is 0.128. The molecule has 1 atom stereocenters. The Bertz CT molecular complexity index is 1270.